The molecular formula is C22H26F2N4O. The lowest BCUT2D eigenvalue weighted by atomic mass is 9.91. The van der Waals surface area contributed by atoms with Gasteiger partial charge in [0.25, 0.3) is 0 Å². The Balaban J connectivity index is 1.35. The molecule has 1 aliphatic carbocycles. The zero-order chi connectivity index (χ0) is 20.3. The van der Waals surface area contributed by atoms with E-state index in [2.05, 4.69) is 23.7 Å². The maximum atomic E-state index is 14.2. The lowest BCUT2D eigenvalue weighted by molar-refractivity contribution is -0.0739. The van der Waals surface area contributed by atoms with Gasteiger partial charge in [0.15, 0.2) is 0 Å². The predicted octanol–water partition coefficient (Wildman–Crippen LogP) is 3.54. The Bertz CT molecular complexity index is 946. The van der Waals surface area contributed by atoms with Gasteiger partial charge in [0.1, 0.15) is 23.6 Å². The van der Waals surface area contributed by atoms with Crippen LogP contribution in [0.2, 0.25) is 0 Å². The Hall–Kier alpha value is -1.96. The van der Waals surface area contributed by atoms with Gasteiger partial charge in [-0.3, -0.25) is 4.90 Å². The van der Waals surface area contributed by atoms with Gasteiger partial charge in [0.05, 0.1) is 17.8 Å². The fourth-order valence-corrected chi connectivity index (χ4v) is 4.82. The quantitative estimate of drug-likeness (QED) is 0.854. The molecule has 1 aromatic heterocycles. The van der Waals surface area contributed by atoms with Gasteiger partial charge in [0, 0.05) is 41.9 Å². The summed E-state index contributed by atoms with van der Waals surface area (Å²) >= 11 is 0. The van der Waals surface area contributed by atoms with E-state index in [0.717, 1.165) is 35.8 Å². The molecule has 1 saturated heterocycles. The van der Waals surface area contributed by atoms with E-state index in [1.54, 1.807) is 0 Å². The van der Waals surface area contributed by atoms with E-state index >= 15 is 0 Å². The van der Waals surface area contributed by atoms with Crippen molar-refractivity contribution in [1.82, 2.24) is 14.9 Å². The van der Waals surface area contributed by atoms with Crippen LogP contribution in [-0.2, 0) is 16.8 Å². The van der Waals surface area contributed by atoms with Gasteiger partial charge in [-0.25, -0.2) is 18.7 Å². The molecule has 3 aliphatic rings. The Labute approximate surface area is 169 Å². The summed E-state index contributed by atoms with van der Waals surface area (Å²) in [7, 11) is 0. The van der Waals surface area contributed by atoms with E-state index in [0.29, 0.717) is 18.9 Å². The number of benzene rings is 1. The topological polar surface area (TPSA) is 64.3 Å². The first-order chi connectivity index (χ1) is 13.8. The van der Waals surface area contributed by atoms with Crippen molar-refractivity contribution in [3.8, 4) is 0 Å². The highest BCUT2D eigenvalue weighted by atomic mass is 19.1. The van der Waals surface area contributed by atoms with Gasteiger partial charge in [-0.1, -0.05) is 0 Å². The molecule has 3 atom stereocenters. The van der Waals surface area contributed by atoms with E-state index < -0.39 is 23.8 Å². The van der Waals surface area contributed by atoms with Crippen LogP contribution in [0.5, 0.6) is 0 Å². The van der Waals surface area contributed by atoms with Gasteiger partial charge >= 0.3 is 0 Å². The van der Waals surface area contributed by atoms with Crippen LogP contribution in [0.3, 0.4) is 0 Å². The van der Waals surface area contributed by atoms with Gasteiger partial charge in [0.2, 0.25) is 0 Å². The Morgan fingerprint density at radius 3 is 2.76 bits per heavy atom. The van der Waals surface area contributed by atoms with Crippen molar-refractivity contribution < 1.29 is 13.5 Å². The van der Waals surface area contributed by atoms with Crippen LogP contribution in [-0.4, -0.2) is 33.6 Å². The molecule has 2 N–H and O–H groups in total. The molecule has 2 unspecified atom stereocenters. The van der Waals surface area contributed by atoms with Crippen LogP contribution >= 0.6 is 0 Å². The highest BCUT2D eigenvalue weighted by Gasteiger charge is 2.46. The van der Waals surface area contributed by atoms with Crippen LogP contribution in [0, 0.1) is 11.6 Å². The third-order valence-corrected chi connectivity index (χ3v) is 6.57. The Morgan fingerprint density at radius 1 is 1.24 bits per heavy atom. The number of hydrogen-bond donors (Lipinski definition) is 1. The van der Waals surface area contributed by atoms with E-state index in [1.807, 2.05) is 6.20 Å². The lowest BCUT2D eigenvalue weighted by Crippen LogP contribution is -2.52. The first-order valence-corrected chi connectivity index (χ1v) is 10.3. The number of hydrogen-bond acceptors (Lipinski definition) is 5. The minimum absolute atomic E-state index is 0.0754. The van der Waals surface area contributed by atoms with Crippen molar-refractivity contribution in [1.29, 1.82) is 0 Å². The summed E-state index contributed by atoms with van der Waals surface area (Å²) in [6.07, 6.45) is 4.31. The summed E-state index contributed by atoms with van der Waals surface area (Å²) < 4.78 is 33.8. The van der Waals surface area contributed by atoms with Crippen molar-refractivity contribution in [2.45, 2.75) is 69.3 Å². The molecule has 2 fully saturated rings. The molecule has 0 amide bonds. The fourth-order valence-electron chi connectivity index (χ4n) is 4.82. The molecule has 1 aromatic carbocycles. The molecular weight excluding hydrogens is 374 g/mol. The van der Waals surface area contributed by atoms with Crippen LogP contribution in [0.1, 0.15) is 67.8 Å². The van der Waals surface area contributed by atoms with Crippen molar-refractivity contribution >= 4 is 0 Å². The Kier molecular flexibility index (Phi) is 4.46. The third kappa shape index (κ3) is 3.25. The molecule has 154 valence electrons. The second-order valence-corrected chi connectivity index (χ2v) is 9.04. The summed E-state index contributed by atoms with van der Waals surface area (Å²) in [6.45, 7) is 5.50. The SMILES string of the molecule is CC1(C)c2nc(C3CC3)ncc2CN1[C@H]1COC(c2cc(F)ccc2F)C(N)C1. The summed E-state index contributed by atoms with van der Waals surface area (Å²) in [5.74, 6) is 0.498. The summed E-state index contributed by atoms with van der Waals surface area (Å²) in [5, 5.41) is 0. The summed E-state index contributed by atoms with van der Waals surface area (Å²) in [4.78, 5) is 11.8. The largest absolute Gasteiger partial charge is 0.370 e. The van der Waals surface area contributed by atoms with E-state index in [4.69, 9.17) is 15.5 Å². The minimum atomic E-state index is -0.642. The number of nitrogens with zero attached hydrogens (tertiary/aromatic N) is 3. The fraction of sp³-hybridized carbons (Fsp3) is 0.545. The maximum absolute atomic E-state index is 14.2. The number of halogens is 2. The number of aromatic nitrogens is 2. The van der Waals surface area contributed by atoms with Crippen molar-refractivity contribution in [3.05, 3.63) is 58.7 Å². The standard InChI is InChI=1S/C22H26F2N4O/c1-22(2)20-13(9-26-21(27-20)12-3-4-12)10-28(22)15-8-18(25)19(29-11-15)16-7-14(23)5-6-17(16)24/h5-7,9,12,15,18-19H,3-4,8,10-11,25H2,1-2H3/t15-,18?,19?/m1/s1. The monoisotopic (exact) mass is 400 g/mol. The molecule has 0 spiro atoms. The molecule has 0 bridgehead atoms. The smallest absolute Gasteiger partial charge is 0.131 e. The second-order valence-electron chi connectivity index (χ2n) is 9.04. The summed E-state index contributed by atoms with van der Waals surface area (Å²) in [5.41, 5.74) is 8.55. The number of rotatable bonds is 3. The van der Waals surface area contributed by atoms with Crippen molar-refractivity contribution in [2.75, 3.05) is 6.61 Å². The van der Waals surface area contributed by atoms with Crippen LogP contribution in [0.25, 0.3) is 0 Å². The molecule has 2 aliphatic heterocycles. The van der Waals surface area contributed by atoms with E-state index in [9.17, 15) is 8.78 Å². The third-order valence-electron chi connectivity index (χ3n) is 6.57. The number of ether oxygens (including phenoxy) is 1. The van der Waals surface area contributed by atoms with Gasteiger partial charge in [-0.15, -0.1) is 0 Å². The normalized spacial score (nSPS) is 29.1. The molecule has 3 heterocycles. The zero-order valence-electron chi connectivity index (χ0n) is 16.7. The number of nitrogens with two attached hydrogens (primary N) is 1. The van der Waals surface area contributed by atoms with Gasteiger partial charge < -0.3 is 10.5 Å². The Morgan fingerprint density at radius 2 is 2.03 bits per heavy atom. The first kappa shape index (κ1) is 19.0. The first-order valence-electron chi connectivity index (χ1n) is 10.3. The average Bonchev–Trinajstić information content (AvgIpc) is 3.49. The number of fused-ring (bicyclic) bond motifs is 1. The van der Waals surface area contributed by atoms with Crippen LogP contribution in [0.4, 0.5) is 8.78 Å². The molecule has 29 heavy (non-hydrogen) atoms. The molecule has 0 radical (unpaired) electrons. The maximum Gasteiger partial charge on any atom is 0.131 e. The highest BCUT2D eigenvalue weighted by Crippen LogP contribution is 2.44. The molecule has 5 nitrogen and oxygen atoms in total. The van der Waals surface area contributed by atoms with E-state index in [1.165, 1.54) is 18.9 Å². The van der Waals surface area contributed by atoms with Gasteiger partial charge in [-0.05, 0) is 51.3 Å². The highest BCUT2D eigenvalue weighted by molar-refractivity contribution is 5.32. The summed E-state index contributed by atoms with van der Waals surface area (Å²) in [6, 6.07) is 3.08. The van der Waals surface area contributed by atoms with Crippen molar-refractivity contribution in [2.24, 2.45) is 5.73 Å². The minimum Gasteiger partial charge on any atom is -0.370 e. The zero-order valence-corrected chi connectivity index (χ0v) is 16.7. The average molecular weight is 400 g/mol. The lowest BCUT2D eigenvalue weighted by Gasteiger charge is -2.43. The second kappa shape index (κ2) is 6.79. The molecule has 7 heteroatoms. The van der Waals surface area contributed by atoms with Crippen molar-refractivity contribution in [3.63, 3.8) is 0 Å². The van der Waals surface area contributed by atoms with E-state index in [-0.39, 0.29) is 17.1 Å². The van der Waals surface area contributed by atoms with Crippen LogP contribution < -0.4 is 5.73 Å². The van der Waals surface area contributed by atoms with Crippen LogP contribution in [0.15, 0.2) is 24.4 Å². The molecule has 1 saturated carbocycles. The molecule has 2 aromatic rings. The predicted molar refractivity (Wildman–Crippen MR) is 104 cm³/mol. The molecule has 5 rings (SSSR count). The van der Waals surface area contributed by atoms with Gasteiger partial charge in [-0.2, -0.15) is 0 Å².